The Bertz CT molecular complexity index is 1200. The van der Waals surface area contributed by atoms with Gasteiger partial charge in [-0.1, -0.05) is 41.7 Å². The Kier molecular flexibility index (Phi) is 6.24. The summed E-state index contributed by atoms with van der Waals surface area (Å²) < 4.78 is 11.4. The van der Waals surface area contributed by atoms with E-state index in [4.69, 9.17) is 9.47 Å². The van der Waals surface area contributed by atoms with Gasteiger partial charge in [-0.2, -0.15) is 10.1 Å². The van der Waals surface area contributed by atoms with E-state index < -0.39 is 0 Å². The lowest BCUT2D eigenvalue weighted by molar-refractivity contribution is -0.118. The number of ether oxygens (including phenoxy) is 2. The molecule has 1 heterocycles. The third-order valence-electron chi connectivity index (χ3n) is 4.64. The van der Waals surface area contributed by atoms with Gasteiger partial charge in [-0.3, -0.25) is 4.79 Å². The summed E-state index contributed by atoms with van der Waals surface area (Å²) in [5.41, 5.74) is 2.55. The van der Waals surface area contributed by atoms with Crippen LogP contribution in [0.2, 0.25) is 0 Å². The summed E-state index contributed by atoms with van der Waals surface area (Å²) in [4.78, 5) is 17.8. The van der Waals surface area contributed by atoms with Crippen molar-refractivity contribution in [3.63, 3.8) is 0 Å². The number of carbonyl (C=O) groups is 1. The Balaban J connectivity index is 1.67. The zero-order valence-corrected chi connectivity index (χ0v) is 18.0. The monoisotopic (exact) mass is 431 g/mol. The molecule has 31 heavy (non-hydrogen) atoms. The number of anilines is 1. The first-order valence-corrected chi connectivity index (χ1v) is 10.5. The van der Waals surface area contributed by atoms with Gasteiger partial charge in [0.15, 0.2) is 0 Å². The third kappa shape index (κ3) is 4.90. The maximum Gasteiger partial charge on any atom is 0.253 e. The number of thiazole rings is 1. The number of fused-ring (bicyclic) bond motifs is 1. The van der Waals surface area contributed by atoms with Crippen LogP contribution in [-0.4, -0.2) is 31.3 Å². The number of hydrogen-bond donors (Lipinski definition) is 0. The first-order chi connectivity index (χ1) is 15.2. The molecule has 3 aromatic carbocycles. The van der Waals surface area contributed by atoms with E-state index in [9.17, 15) is 4.79 Å². The standard InChI is InChI=1S/C24H21N3O3S/c1-29-19-10-8-18(9-11-19)16-25-27(23(28)14-17-6-4-3-5-7-17)24-26-21-13-12-20(30-2)15-22(21)31-24/h3-13,15-16H,14H2,1-2H3/b25-16+. The highest BCUT2D eigenvalue weighted by Crippen LogP contribution is 2.32. The molecule has 4 aromatic rings. The number of methoxy groups -OCH3 is 2. The van der Waals surface area contributed by atoms with Gasteiger partial charge in [-0.25, -0.2) is 4.98 Å². The number of hydrazone groups is 1. The Morgan fingerprint density at radius 3 is 2.42 bits per heavy atom. The van der Waals surface area contributed by atoms with Gasteiger partial charge in [0.2, 0.25) is 5.13 Å². The van der Waals surface area contributed by atoms with Crippen molar-refractivity contribution in [3.8, 4) is 11.5 Å². The summed E-state index contributed by atoms with van der Waals surface area (Å²) in [6.07, 6.45) is 1.87. The Labute approximate surface area is 184 Å². The molecule has 4 rings (SSSR count). The molecule has 0 saturated heterocycles. The molecule has 0 N–H and O–H groups in total. The summed E-state index contributed by atoms with van der Waals surface area (Å²) in [7, 11) is 3.24. The molecular formula is C24H21N3O3S. The fourth-order valence-electron chi connectivity index (χ4n) is 2.99. The molecule has 0 aliphatic heterocycles. The summed E-state index contributed by atoms with van der Waals surface area (Å²) >= 11 is 1.40. The van der Waals surface area contributed by atoms with Gasteiger partial charge in [0.1, 0.15) is 11.5 Å². The molecule has 0 bridgehead atoms. The average molecular weight is 432 g/mol. The number of carbonyl (C=O) groups excluding carboxylic acids is 1. The Hall–Kier alpha value is -3.71. The third-order valence-corrected chi connectivity index (χ3v) is 5.63. The molecule has 0 radical (unpaired) electrons. The van der Waals surface area contributed by atoms with Gasteiger partial charge in [0.25, 0.3) is 5.91 Å². The number of hydrogen-bond acceptors (Lipinski definition) is 6. The zero-order valence-electron chi connectivity index (χ0n) is 17.2. The van der Waals surface area contributed by atoms with Gasteiger partial charge < -0.3 is 9.47 Å². The Morgan fingerprint density at radius 1 is 1.00 bits per heavy atom. The predicted octanol–water partition coefficient (Wildman–Crippen LogP) is 4.92. The van der Waals surface area contributed by atoms with Crippen molar-refractivity contribution in [2.45, 2.75) is 6.42 Å². The molecule has 0 spiro atoms. The molecule has 0 aliphatic carbocycles. The van der Waals surface area contributed by atoms with Gasteiger partial charge >= 0.3 is 0 Å². The molecule has 0 aliphatic rings. The Morgan fingerprint density at radius 2 is 1.71 bits per heavy atom. The first kappa shape index (κ1) is 20.6. The lowest BCUT2D eigenvalue weighted by Crippen LogP contribution is -2.27. The van der Waals surface area contributed by atoms with Crippen LogP contribution in [0.5, 0.6) is 11.5 Å². The van der Waals surface area contributed by atoms with Crippen molar-refractivity contribution in [1.29, 1.82) is 0 Å². The molecule has 6 nitrogen and oxygen atoms in total. The van der Waals surface area contributed by atoms with Gasteiger partial charge in [0, 0.05) is 0 Å². The maximum absolute atomic E-state index is 13.2. The van der Waals surface area contributed by atoms with Crippen molar-refractivity contribution >= 4 is 38.8 Å². The lowest BCUT2D eigenvalue weighted by atomic mass is 10.1. The van der Waals surface area contributed by atoms with Crippen LogP contribution in [-0.2, 0) is 11.2 Å². The predicted molar refractivity (Wildman–Crippen MR) is 124 cm³/mol. The summed E-state index contributed by atoms with van der Waals surface area (Å²) in [6, 6.07) is 22.7. The van der Waals surface area contributed by atoms with Crippen LogP contribution in [0.25, 0.3) is 10.2 Å². The van der Waals surface area contributed by atoms with Crippen molar-refractivity contribution < 1.29 is 14.3 Å². The van der Waals surface area contributed by atoms with Crippen LogP contribution in [0.1, 0.15) is 11.1 Å². The van der Waals surface area contributed by atoms with E-state index in [-0.39, 0.29) is 12.3 Å². The van der Waals surface area contributed by atoms with E-state index >= 15 is 0 Å². The van der Waals surface area contributed by atoms with Crippen molar-refractivity contribution in [1.82, 2.24) is 4.98 Å². The molecule has 156 valence electrons. The van der Waals surface area contributed by atoms with Crippen molar-refractivity contribution in [2.75, 3.05) is 19.2 Å². The van der Waals surface area contributed by atoms with Crippen LogP contribution in [0.15, 0.2) is 77.9 Å². The summed E-state index contributed by atoms with van der Waals surface area (Å²) in [5, 5.41) is 6.37. The molecule has 1 aromatic heterocycles. The quantitative estimate of drug-likeness (QED) is 0.308. The highest BCUT2D eigenvalue weighted by atomic mass is 32.1. The molecule has 1 amide bonds. The molecule has 0 atom stereocenters. The second-order valence-electron chi connectivity index (χ2n) is 6.72. The highest BCUT2D eigenvalue weighted by molar-refractivity contribution is 7.22. The fourth-order valence-corrected chi connectivity index (χ4v) is 3.96. The highest BCUT2D eigenvalue weighted by Gasteiger charge is 2.20. The largest absolute Gasteiger partial charge is 0.497 e. The normalized spacial score (nSPS) is 11.0. The van der Waals surface area contributed by atoms with Gasteiger partial charge in [0.05, 0.1) is 37.1 Å². The number of rotatable bonds is 7. The minimum atomic E-state index is -0.165. The van der Waals surface area contributed by atoms with Gasteiger partial charge in [-0.05, 0) is 53.6 Å². The number of benzene rings is 3. The van der Waals surface area contributed by atoms with Crippen LogP contribution < -0.4 is 14.5 Å². The second-order valence-corrected chi connectivity index (χ2v) is 7.72. The molecule has 7 heteroatoms. The van der Waals surface area contributed by atoms with Crippen LogP contribution in [0.4, 0.5) is 5.13 Å². The van der Waals surface area contributed by atoms with E-state index in [0.29, 0.717) is 5.13 Å². The minimum Gasteiger partial charge on any atom is -0.497 e. The first-order valence-electron chi connectivity index (χ1n) is 9.66. The van der Waals surface area contributed by atoms with E-state index in [1.807, 2.05) is 72.8 Å². The summed E-state index contributed by atoms with van der Waals surface area (Å²) in [6.45, 7) is 0. The number of amides is 1. The smallest absolute Gasteiger partial charge is 0.253 e. The van der Waals surface area contributed by atoms with E-state index in [1.165, 1.54) is 16.3 Å². The molecule has 0 fully saturated rings. The van der Waals surface area contributed by atoms with Gasteiger partial charge in [-0.15, -0.1) is 0 Å². The minimum absolute atomic E-state index is 0.165. The SMILES string of the molecule is COc1ccc(/C=N/N(C(=O)Cc2ccccc2)c2nc3ccc(OC)cc3s2)cc1. The van der Waals surface area contributed by atoms with Crippen LogP contribution in [0.3, 0.4) is 0 Å². The topological polar surface area (TPSA) is 64.0 Å². The average Bonchev–Trinajstić information content (AvgIpc) is 3.23. The van der Waals surface area contributed by atoms with E-state index in [0.717, 1.165) is 32.8 Å². The van der Waals surface area contributed by atoms with Crippen LogP contribution >= 0.6 is 11.3 Å². The fraction of sp³-hybridized carbons (Fsp3) is 0.125. The van der Waals surface area contributed by atoms with E-state index in [1.54, 1.807) is 20.4 Å². The van der Waals surface area contributed by atoms with Crippen LogP contribution in [0, 0.1) is 0 Å². The summed E-state index contributed by atoms with van der Waals surface area (Å²) in [5.74, 6) is 1.34. The lowest BCUT2D eigenvalue weighted by Gasteiger charge is -2.14. The maximum atomic E-state index is 13.2. The molecule has 0 unspecified atom stereocenters. The number of aromatic nitrogens is 1. The van der Waals surface area contributed by atoms with Crippen molar-refractivity contribution in [2.24, 2.45) is 5.10 Å². The number of nitrogens with zero attached hydrogens (tertiary/aromatic N) is 3. The zero-order chi connectivity index (χ0) is 21.6. The second kappa shape index (κ2) is 9.40. The van der Waals surface area contributed by atoms with E-state index in [2.05, 4.69) is 10.1 Å². The molecular weight excluding hydrogens is 410 g/mol. The van der Waals surface area contributed by atoms with Crippen molar-refractivity contribution in [3.05, 3.63) is 83.9 Å². The molecule has 0 saturated carbocycles.